The lowest BCUT2D eigenvalue weighted by molar-refractivity contribution is 0.288. The summed E-state index contributed by atoms with van der Waals surface area (Å²) in [5, 5.41) is 0.634. The standard InChI is InChI=1S/C9H6O2.C9H10O/c10-8-5-6-11-9-4-2-1-3-7(8)9;1-2-6-9-8(4-1)5-3-7-10-9/h1-6H;1-2,4,6H,3,5,7H2. The van der Waals surface area contributed by atoms with E-state index in [2.05, 4.69) is 12.1 Å². The average Bonchev–Trinajstić information content (AvgIpc) is 2.56. The van der Waals surface area contributed by atoms with Gasteiger partial charge in [0.2, 0.25) is 0 Å². The Kier molecular flexibility index (Phi) is 4.01. The minimum absolute atomic E-state index is 0.00634. The molecule has 0 unspecified atom stereocenters. The fourth-order valence-corrected chi connectivity index (χ4v) is 2.33. The third-order valence-corrected chi connectivity index (χ3v) is 3.39. The maximum absolute atomic E-state index is 11.1. The quantitative estimate of drug-likeness (QED) is 0.628. The summed E-state index contributed by atoms with van der Waals surface area (Å²) in [6, 6.07) is 16.9. The first kappa shape index (κ1) is 13.4. The van der Waals surface area contributed by atoms with E-state index >= 15 is 0 Å². The Morgan fingerprint density at radius 1 is 0.905 bits per heavy atom. The molecule has 0 saturated carbocycles. The van der Waals surface area contributed by atoms with Crippen molar-refractivity contribution in [3.8, 4) is 5.75 Å². The van der Waals surface area contributed by atoms with Crippen molar-refractivity contribution in [3.63, 3.8) is 0 Å². The van der Waals surface area contributed by atoms with Crippen LogP contribution in [0.2, 0.25) is 0 Å². The van der Waals surface area contributed by atoms with Gasteiger partial charge in [-0.1, -0.05) is 30.3 Å². The summed E-state index contributed by atoms with van der Waals surface area (Å²) in [6.07, 6.45) is 3.75. The van der Waals surface area contributed by atoms with Gasteiger partial charge in [-0.3, -0.25) is 4.79 Å². The molecule has 2 aromatic carbocycles. The zero-order chi connectivity index (χ0) is 14.5. The molecule has 0 amide bonds. The molecule has 0 aliphatic carbocycles. The molecule has 0 atom stereocenters. The van der Waals surface area contributed by atoms with E-state index in [-0.39, 0.29) is 5.43 Å². The average molecular weight is 280 g/mol. The highest BCUT2D eigenvalue weighted by atomic mass is 16.5. The fraction of sp³-hybridized carbons (Fsp3) is 0.167. The smallest absolute Gasteiger partial charge is 0.192 e. The van der Waals surface area contributed by atoms with Crippen LogP contribution in [0, 0.1) is 0 Å². The molecule has 0 radical (unpaired) electrons. The topological polar surface area (TPSA) is 39.4 Å². The van der Waals surface area contributed by atoms with Gasteiger partial charge in [0.25, 0.3) is 0 Å². The Morgan fingerprint density at radius 2 is 1.71 bits per heavy atom. The minimum Gasteiger partial charge on any atom is -0.493 e. The summed E-state index contributed by atoms with van der Waals surface area (Å²) < 4.78 is 10.5. The number of para-hydroxylation sites is 2. The fourth-order valence-electron chi connectivity index (χ4n) is 2.33. The second kappa shape index (κ2) is 6.27. The molecule has 0 N–H and O–H groups in total. The van der Waals surface area contributed by atoms with Crippen molar-refractivity contribution in [2.24, 2.45) is 0 Å². The third kappa shape index (κ3) is 3.14. The van der Waals surface area contributed by atoms with Crippen LogP contribution in [-0.2, 0) is 6.42 Å². The number of hydrogen-bond acceptors (Lipinski definition) is 3. The summed E-state index contributed by atoms with van der Waals surface area (Å²) >= 11 is 0. The molecule has 21 heavy (non-hydrogen) atoms. The summed E-state index contributed by atoms with van der Waals surface area (Å²) in [7, 11) is 0. The van der Waals surface area contributed by atoms with Crippen LogP contribution >= 0.6 is 0 Å². The lowest BCUT2D eigenvalue weighted by atomic mass is 10.1. The first-order valence-corrected chi connectivity index (χ1v) is 7.02. The lowest BCUT2D eigenvalue weighted by Crippen LogP contribution is -2.07. The summed E-state index contributed by atoms with van der Waals surface area (Å²) in [5.41, 5.74) is 2.00. The SMILES string of the molecule is O=c1ccoc2ccccc12.c1ccc2c(c1)CCCO2. The Balaban J connectivity index is 0.000000126. The molecule has 2 heterocycles. The van der Waals surface area contributed by atoms with E-state index in [4.69, 9.17) is 9.15 Å². The number of fused-ring (bicyclic) bond motifs is 2. The second-order valence-corrected chi connectivity index (χ2v) is 4.84. The highest BCUT2D eigenvalue weighted by Gasteiger charge is 2.06. The Hall–Kier alpha value is -2.55. The van der Waals surface area contributed by atoms with E-state index in [0.29, 0.717) is 11.0 Å². The van der Waals surface area contributed by atoms with E-state index in [9.17, 15) is 4.79 Å². The van der Waals surface area contributed by atoms with Gasteiger partial charge in [-0.25, -0.2) is 0 Å². The van der Waals surface area contributed by atoms with Gasteiger partial charge in [0.05, 0.1) is 18.3 Å². The van der Waals surface area contributed by atoms with E-state index in [1.165, 1.54) is 24.3 Å². The van der Waals surface area contributed by atoms with E-state index in [1.54, 1.807) is 12.1 Å². The maximum Gasteiger partial charge on any atom is 0.192 e. The molecule has 1 aromatic heterocycles. The Morgan fingerprint density at radius 3 is 2.57 bits per heavy atom. The maximum atomic E-state index is 11.1. The van der Waals surface area contributed by atoms with Crippen LogP contribution in [0.3, 0.4) is 0 Å². The molecular formula is C18H16O3. The Labute approximate surface area is 122 Å². The van der Waals surface area contributed by atoms with Crippen molar-refractivity contribution in [2.75, 3.05) is 6.61 Å². The van der Waals surface area contributed by atoms with Gasteiger partial charge >= 0.3 is 0 Å². The van der Waals surface area contributed by atoms with Crippen LogP contribution in [0.5, 0.6) is 5.75 Å². The summed E-state index contributed by atoms with van der Waals surface area (Å²) in [4.78, 5) is 11.1. The molecule has 0 fully saturated rings. The van der Waals surface area contributed by atoms with Gasteiger partial charge in [0.1, 0.15) is 11.3 Å². The van der Waals surface area contributed by atoms with Crippen LogP contribution in [0.15, 0.2) is 70.1 Å². The van der Waals surface area contributed by atoms with Crippen LogP contribution in [-0.4, -0.2) is 6.61 Å². The highest BCUT2D eigenvalue weighted by Crippen LogP contribution is 2.23. The molecule has 1 aliphatic rings. The summed E-state index contributed by atoms with van der Waals surface area (Å²) in [5.74, 6) is 1.08. The predicted octanol–water partition coefficient (Wildman–Crippen LogP) is 3.80. The van der Waals surface area contributed by atoms with Crippen molar-refractivity contribution in [3.05, 3.63) is 76.6 Å². The number of benzene rings is 2. The monoisotopic (exact) mass is 280 g/mol. The molecule has 0 spiro atoms. The van der Waals surface area contributed by atoms with Crippen molar-refractivity contribution in [1.29, 1.82) is 0 Å². The number of aryl methyl sites for hydroxylation is 1. The zero-order valence-electron chi connectivity index (χ0n) is 11.6. The van der Waals surface area contributed by atoms with Gasteiger partial charge in [0, 0.05) is 6.07 Å². The lowest BCUT2D eigenvalue weighted by Gasteiger charge is -2.15. The van der Waals surface area contributed by atoms with Crippen molar-refractivity contribution in [2.45, 2.75) is 12.8 Å². The summed E-state index contributed by atoms with van der Waals surface area (Å²) in [6.45, 7) is 0.886. The van der Waals surface area contributed by atoms with Crippen LogP contribution in [0.4, 0.5) is 0 Å². The number of rotatable bonds is 0. The van der Waals surface area contributed by atoms with Crippen LogP contribution in [0.25, 0.3) is 11.0 Å². The van der Waals surface area contributed by atoms with Crippen molar-refractivity contribution in [1.82, 2.24) is 0 Å². The number of ether oxygens (including phenoxy) is 1. The molecule has 3 nitrogen and oxygen atoms in total. The first-order chi connectivity index (χ1) is 10.3. The molecule has 1 aliphatic heterocycles. The van der Waals surface area contributed by atoms with Gasteiger partial charge in [-0.15, -0.1) is 0 Å². The highest BCUT2D eigenvalue weighted by molar-refractivity contribution is 5.75. The molecule has 0 bridgehead atoms. The predicted molar refractivity (Wildman–Crippen MR) is 82.7 cm³/mol. The molecule has 0 saturated heterocycles. The van der Waals surface area contributed by atoms with E-state index < -0.39 is 0 Å². The molecule has 106 valence electrons. The van der Waals surface area contributed by atoms with Crippen molar-refractivity contribution < 1.29 is 9.15 Å². The van der Waals surface area contributed by atoms with Gasteiger partial charge < -0.3 is 9.15 Å². The first-order valence-electron chi connectivity index (χ1n) is 7.02. The molecular weight excluding hydrogens is 264 g/mol. The normalized spacial score (nSPS) is 12.8. The third-order valence-electron chi connectivity index (χ3n) is 3.39. The van der Waals surface area contributed by atoms with Crippen molar-refractivity contribution >= 4 is 11.0 Å². The van der Waals surface area contributed by atoms with E-state index in [1.807, 2.05) is 24.3 Å². The number of hydrogen-bond donors (Lipinski definition) is 0. The van der Waals surface area contributed by atoms with E-state index in [0.717, 1.165) is 18.8 Å². The second-order valence-electron chi connectivity index (χ2n) is 4.84. The molecule has 3 heteroatoms. The zero-order valence-corrected chi connectivity index (χ0v) is 11.6. The Bertz CT molecular complexity index is 759. The van der Waals surface area contributed by atoms with Gasteiger partial charge in [0.15, 0.2) is 5.43 Å². The van der Waals surface area contributed by atoms with Gasteiger partial charge in [-0.05, 0) is 36.6 Å². The largest absolute Gasteiger partial charge is 0.493 e. The van der Waals surface area contributed by atoms with Crippen LogP contribution < -0.4 is 10.2 Å². The van der Waals surface area contributed by atoms with Crippen LogP contribution in [0.1, 0.15) is 12.0 Å². The molecule has 3 aromatic rings. The molecule has 4 rings (SSSR count). The van der Waals surface area contributed by atoms with Gasteiger partial charge in [-0.2, -0.15) is 0 Å². The minimum atomic E-state index is 0.00634.